The van der Waals surface area contributed by atoms with Crippen molar-refractivity contribution in [3.8, 4) is 0 Å². The molecule has 1 aromatic rings. The fraction of sp³-hybridized carbons (Fsp3) is 0.474. The van der Waals surface area contributed by atoms with E-state index in [1.165, 1.54) is 5.56 Å². The number of piperazine rings is 1. The first kappa shape index (κ1) is 21.2. The van der Waals surface area contributed by atoms with Gasteiger partial charge in [0, 0.05) is 26.2 Å². The highest BCUT2D eigenvalue weighted by Crippen LogP contribution is 2.07. The molecule has 0 aromatic heterocycles. The summed E-state index contributed by atoms with van der Waals surface area (Å²) in [6.07, 6.45) is 4.69. The highest BCUT2D eigenvalue weighted by Gasteiger charge is 2.29. The molecule has 5 nitrogen and oxygen atoms in total. The van der Waals surface area contributed by atoms with Gasteiger partial charge in [-0.3, -0.25) is 9.59 Å². The summed E-state index contributed by atoms with van der Waals surface area (Å²) < 4.78 is 0. The Balaban J connectivity index is 0.00000312. The van der Waals surface area contributed by atoms with Crippen molar-refractivity contribution in [2.75, 3.05) is 26.2 Å². The minimum absolute atomic E-state index is 0. The largest absolute Gasteiger partial charge is 0.356 e. The van der Waals surface area contributed by atoms with Gasteiger partial charge in [0.2, 0.25) is 11.8 Å². The van der Waals surface area contributed by atoms with Gasteiger partial charge in [-0.2, -0.15) is 0 Å². The SMILES string of the molecule is C=CCCCN1CCNC(CC(=O)NCCc2ccccc2)C1=O.Cl. The predicted molar refractivity (Wildman–Crippen MR) is 103 cm³/mol. The summed E-state index contributed by atoms with van der Waals surface area (Å²) in [5.41, 5.74) is 1.19. The quantitative estimate of drug-likeness (QED) is 0.519. The number of carbonyl (C=O) groups excluding carboxylic acids is 2. The third kappa shape index (κ3) is 7.28. The average Bonchev–Trinajstić information content (AvgIpc) is 2.59. The maximum Gasteiger partial charge on any atom is 0.240 e. The Morgan fingerprint density at radius 2 is 2.12 bits per heavy atom. The highest BCUT2D eigenvalue weighted by molar-refractivity contribution is 5.88. The number of unbranched alkanes of at least 4 members (excludes halogenated alkanes) is 1. The molecule has 0 radical (unpaired) electrons. The molecule has 25 heavy (non-hydrogen) atoms. The van der Waals surface area contributed by atoms with Gasteiger partial charge in [-0.05, 0) is 24.8 Å². The number of amides is 2. The lowest BCUT2D eigenvalue weighted by molar-refractivity contribution is -0.138. The van der Waals surface area contributed by atoms with Crippen molar-refractivity contribution in [2.24, 2.45) is 0 Å². The molecule has 2 N–H and O–H groups in total. The lowest BCUT2D eigenvalue weighted by Crippen LogP contribution is -2.56. The Kier molecular flexibility index (Phi) is 9.88. The molecule has 0 spiro atoms. The van der Waals surface area contributed by atoms with Gasteiger partial charge in [-0.25, -0.2) is 0 Å². The molecule has 1 saturated heterocycles. The van der Waals surface area contributed by atoms with Gasteiger partial charge in [0.05, 0.1) is 12.5 Å². The second-order valence-electron chi connectivity index (χ2n) is 6.05. The summed E-state index contributed by atoms with van der Waals surface area (Å²) in [6.45, 7) is 6.47. The van der Waals surface area contributed by atoms with Crippen molar-refractivity contribution >= 4 is 24.2 Å². The Labute approximate surface area is 156 Å². The van der Waals surface area contributed by atoms with E-state index < -0.39 is 6.04 Å². The van der Waals surface area contributed by atoms with Crippen LogP contribution in [0.3, 0.4) is 0 Å². The Hall–Kier alpha value is -1.85. The number of allylic oxidation sites excluding steroid dienone is 1. The first-order valence-corrected chi connectivity index (χ1v) is 8.64. The summed E-state index contributed by atoms with van der Waals surface area (Å²) in [5.74, 6) is -0.0479. The van der Waals surface area contributed by atoms with Crippen LogP contribution in [-0.2, 0) is 16.0 Å². The molecule has 138 valence electrons. The molecule has 0 saturated carbocycles. The van der Waals surface area contributed by atoms with Gasteiger partial charge in [-0.15, -0.1) is 19.0 Å². The van der Waals surface area contributed by atoms with E-state index in [0.717, 1.165) is 32.4 Å². The molecular weight excluding hydrogens is 338 g/mol. The van der Waals surface area contributed by atoms with E-state index in [1.54, 1.807) is 0 Å². The molecule has 2 amide bonds. The van der Waals surface area contributed by atoms with Crippen molar-refractivity contribution in [1.29, 1.82) is 0 Å². The Morgan fingerprint density at radius 1 is 1.36 bits per heavy atom. The molecule has 1 unspecified atom stereocenters. The summed E-state index contributed by atoms with van der Waals surface area (Å²) in [4.78, 5) is 26.3. The number of benzene rings is 1. The molecule has 0 bridgehead atoms. The maximum absolute atomic E-state index is 12.4. The van der Waals surface area contributed by atoms with Crippen LogP contribution in [0.1, 0.15) is 24.8 Å². The molecule has 1 fully saturated rings. The van der Waals surface area contributed by atoms with Gasteiger partial charge in [-0.1, -0.05) is 36.4 Å². The summed E-state index contributed by atoms with van der Waals surface area (Å²) >= 11 is 0. The van der Waals surface area contributed by atoms with Gasteiger partial charge < -0.3 is 15.5 Å². The van der Waals surface area contributed by atoms with Crippen LogP contribution in [-0.4, -0.2) is 48.9 Å². The number of hydrogen-bond acceptors (Lipinski definition) is 3. The summed E-state index contributed by atoms with van der Waals surface area (Å²) in [6, 6.07) is 9.63. The van der Waals surface area contributed by atoms with Crippen molar-refractivity contribution in [1.82, 2.24) is 15.5 Å². The van der Waals surface area contributed by atoms with E-state index in [-0.39, 0.29) is 30.6 Å². The summed E-state index contributed by atoms with van der Waals surface area (Å²) in [7, 11) is 0. The van der Waals surface area contributed by atoms with Crippen LogP contribution in [0.2, 0.25) is 0 Å². The second-order valence-corrected chi connectivity index (χ2v) is 6.05. The monoisotopic (exact) mass is 365 g/mol. The van der Waals surface area contributed by atoms with Crippen molar-refractivity contribution in [3.05, 3.63) is 48.6 Å². The molecule has 1 atom stereocenters. The second kappa shape index (κ2) is 11.7. The highest BCUT2D eigenvalue weighted by atomic mass is 35.5. The number of hydrogen-bond donors (Lipinski definition) is 2. The van der Waals surface area contributed by atoms with E-state index >= 15 is 0 Å². The van der Waals surface area contributed by atoms with E-state index in [9.17, 15) is 9.59 Å². The lowest BCUT2D eigenvalue weighted by atomic mass is 10.1. The fourth-order valence-corrected chi connectivity index (χ4v) is 2.85. The van der Waals surface area contributed by atoms with Crippen LogP contribution in [0.4, 0.5) is 0 Å². The number of rotatable bonds is 9. The van der Waals surface area contributed by atoms with Crippen molar-refractivity contribution in [2.45, 2.75) is 31.7 Å². The fourth-order valence-electron chi connectivity index (χ4n) is 2.85. The summed E-state index contributed by atoms with van der Waals surface area (Å²) in [5, 5.41) is 6.06. The van der Waals surface area contributed by atoms with Crippen LogP contribution < -0.4 is 10.6 Å². The van der Waals surface area contributed by atoms with Gasteiger partial charge in [0.1, 0.15) is 0 Å². The third-order valence-corrected chi connectivity index (χ3v) is 4.19. The molecular formula is C19H28ClN3O2. The zero-order chi connectivity index (χ0) is 17.2. The molecule has 1 aliphatic rings. The smallest absolute Gasteiger partial charge is 0.240 e. The molecule has 0 aliphatic carbocycles. The van der Waals surface area contributed by atoms with E-state index in [2.05, 4.69) is 17.2 Å². The number of nitrogens with zero attached hydrogens (tertiary/aromatic N) is 1. The number of halogens is 1. The van der Waals surface area contributed by atoms with Crippen LogP contribution in [0.25, 0.3) is 0 Å². The molecule has 1 aromatic carbocycles. The van der Waals surface area contributed by atoms with Crippen LogP contribution in [0, 0.1) is 0 Å². The van der Waals surface area contributed by atoms with E-state index in [4.69, 9.17) is 0 Å². The Morgan fingerprint density at radius 3 is 2.84 bits per heavy atom. The maximum atomic E-state index is 12.4. The lowest BCUT2D eigenvalue weighted by Gasteiger charge is -2.33. The molecule has 6 heteroatoms. The Bertz CT molecular complexity index is 551. The van der Waals surface area contributed by atoms with Crippen LogP contribution in [0.15, 0.2) is 43.0 Å². The number of carbonyl (C=O) groups is 2. The third-order valence-electron chi connectivity index (χ3n) is 4.19. The van der Waals surface area contributed by atoms with E-state index in [1.807, 2.05) is 41.3 Å². The topological polar surface area (TPSA) is 61.4 Å². The predicted octanol–water partition coefficient (Wildman–Crippen LogP) is 1.92. The first-order chi connectivity index (χ1) is 11.7. The van der Waals surface area contributed by atoms with E-state index in [0.29, 0.717) is 13.1 Å². The van der Waals surface area contributed by atoms with Crippen LogP contribution in [0.5, 0.6) is 0 Å². The minimum atomic E-state index is -0.404. The van der Waals surface area contributed by atoms with Crippen molar-refractivity contribution in [3.63, 3.8) is 0 Å². The first-order valence-electron chi connectivity index (χ1n) is 8.64. The van der Waals surface area contributed by atoms with Gasteiger partial charge >= 0.3 is 0 Å². The average molecular weight is 366 g/mol. The number of nitrogens with one attached hydrogen (secondary N) is 2. The normalized spacial score (nSPS) is 16.9. The zero-order valence-corrected chi connectivity index (χ0v) is 15.4. The van der Waals surface area contributed by atoms with Gasteiger partial charge in [0.15, 0.2) is 0 Å². The van der Waals surface area contributed by atoms with Crippen LogP contribution >= 0.6 is 12.4 Å². The standard InChI is InChI=1S/C19H27N3O2.ClH/c1-2-3-7-13-22-14-12-20-17(19(22)24)15-18(23)21-11-10-16-8-5-4-6-9-16;/h2,4-6,8-9,17,20H,1,3,7,10-15H2,(H,21,23);1H. The molecule has 1 heterocycles. The molecule has 2 rings (SSSR count). The minimum Gasteiger partial charge on any atom is -0.356 e. The zero-order valence-electron chi connectivity index (χ0n) is 14.6. The van der Waals surface area contributed by atoms with Gasteiger partial charge in [0.25, 0.3) is 0 Å². The molecule has 1 aliphatic heterocycles. The van der Waals surface area contributed by atoms with Crippen molar-refractivity contribution < 1.29 is 9.59 Å².